The third-order valence-corrected chi connectivity index (χ3v) is 4.41. The van der Waals surface area contributed by atoms with Crippen LogP contribution >= 0.6 is 0 Å². The number of hydrogen-bond acceptors (Lipinski definition) is 3. The first-order chi connectivity index (χ1) is 10.8. The van der Waals surface area contributed by atoms with Crippen LogP contribution in [-0.2, 0) is 9.47 Å². The first-order valence-electron chi connectivity index (χ1n) is 7.91. The largest absolute Gasteiger partial charge is 0.353 e. The van der Waals surface area contributed by atoms with Crippen LogP contribution in [0.4, 0.5) is 5.69 Å². The Morgan fingerprint density at radius 3 is 2.86 bits per heavy atom. The van der Waals surface area contributed by atoms with Gasteiger partial charge >= 0.3 is 0 Å². The van der Waals surface area contributed by atoms with Crippen LogP contribution in [0.25, 0.3) is 10.8 Å². The third kappa shape index (κ3) is 2.28. The predicted molar refractivity (Wildman–Crippen MR) is 85.2 cm³/mol. The van der Waals surface area contributed by atoms with Crippen molar-refractivity contribution in [2.24, 2.45) is 0 Å². The molecule has 1 fully saturated rings. The second-order valence-corrected chi connectivity index (χ2v) is 5.80. The van der Waals surface area contributed by atoms with Gasteiger partial charge in [0.1, 0.15) is 0 Å². The second-order valence-electron chi connectivity index (χ2n) is 5.80. The number of ether oxygens (including phenoxy) is 2. The van der Waals surface area contributed by atoms with E-state index >= 15 is 0 Å². The van der Waals surface area contributed by atoms with Gasteiger partial charge in [0.2, 0.25) is 0 Å². The van der Waals surface area contributed by atoms with Crippen LogP contribution in [0.5, 0.6) is 0 Å². The molecule has 0 aliphatic carbocycles. The van der Waals surface area contributed by atoms with E-state index in [2.05, 4.69) is 0 Å². The quantitative estimate of drug-likeness (QED) is 0.868. The van der Waals surface area contributed by atoms with Gasteiger partial charge in [-0.15, -0.1) is 0 Å². The van der Waals surface area contributed by atoms with Crippen LogP contribution in [0.15, 0.2) is 36.4 Å². The summed E-state index contributed by atoms with van der Waals surface area (Å²) in [5.41, 5.74) is 1.79. The molecular formula is C18H19NO3. The lowest BCUT2D eigenvalue weighted by molar-refractivity contribution is -0.160. The molecule has 4 heteroatoms. The fraction of sp³-hybridized carbons (Fsp3) is 0.389. The molecule has 0 spiro atoms. The first-order valence-corrected chi connectivity index (χ1v) is 7.91. The van der Waals surface area contributed by atoms with Crippen LogP contribution in [0.3, 0.4) is 0 Å². The highest BCUT2D eigenvalue weighted by Crippen LogP contribution is 2.36. The lowest BCUT2D eigenvalue weighted by Gasteiger charge is -2.24. The zero-order chi connectivity index (χ0) is 14.9. The summed E-state index contributed by atoms with van der Waals surface area (Å²) in [5.74, 6) is 0.0694. The van der Waals surface area contributed by atoms with E-state index in [1.54, 1.807) is 0 Å². The molecule has 1 amide bonds. The SMILES string of the molecule is O=C1c2cccc3cccc(c23)N1CCO[C@@H]1CCCCO1. The Labute approximate surface area is 129 Å². The Morgan fingerprint density at radius 1 is 1.18 bits per heavy atom. The first kappa shape index (κ1) is 13.7. The standard InChI is InChI=1S/C18H19NO3/c20-18-14-7-3-5-13-6-4-8-15(17(13)14)19(18)10-12-22-16-9-1-2-11-21-16/h3-8,16H,1-2,9-12H2/t16-/m1/s1. The van der Waals surface area contributed by atoms with Gasteiger partial charge in [0, 0.05) is 24.1 Å². The Balaban J connectivity index is 1.49. The minimum absolute atomic E-state index is 0.0694. The molecule has 4 nitrogen and oxygen atoms in total. The van der Waals surface area contributed by atoms with Gasteiger partial charge in [-0.3, -0.25) is 4.79 Å². The molecule has 22 heavy (non-hydrogen) atoms. The Kier molecular flexibility index (Phi) is 3.56. The normalized spacial score (nSPS) is 20.8. The molecule has 0 N–H and O–H groups in total. The van der Waals surface area contributed by atoms with Crippen LogP contribution < -0.4 is 4.90 Å². The van der Waals surface area contributed by atoms with Gasteiger partial charge in [-0.05, 0) is 36.8 Å². The Bertz CT molecular complexity index is 701. The van der Waals surface area contributed by atoms with Crippen molar-refractivity contribution >= 4 is 22.4 Å². The molecule has 2 heterocycles. The maximum atomic E-state index is 12.6. The molecule has 114 valence electrons. The van der Waals surface area contributed by atoms with Gasteiger partial charge in [-0.25, -0.2) is 0 Å². The minimum atomic E-state index is -0.107. The van der Waals surface area contributed by atoms with Gasteiger partial charge in [0.05, 0.1) is 12.3 Å². The van der Waals surface area contributed by atoms with E-state index in [-0.39, 0.29) is 12.2 Å². The highest BCUT2D eigenvalue weighted by atomic mass is 16.7. The molecule has 0 aromatic heterocycles. The third-order valence-electron chi connectivity index (χ3n) is 4.41. The molecular weight excluding hydrogens is 278 g/mol. The number of anilines is 1. The van der Waals surface area contributed by atoms with Crippen LogP contribution in [0.2, 0.25) is 0 Å². The zero-order valence-electron chi connectivity index (χ0n) is 12.5. The molecule has 2 aromatic rings. The lowest BCUT2D eigenvalue weighted by atomic mass is 10.1. The molecule has 2 aliphatic rings. The van der Waals surface area contributed by atoms with Crippen LogP contribution in [-0.4, -0.2) is 32.0 Å². The number of rotatable bonds is 4. The Hall–Kier alpha value is -1.91. The summed E-state index contributed by atoms with van der Waals surface area (Å²) in [7, 11) is 0. The van der Waals surface area contributed by atoms with Gasteiger partial charge in [0.25, 0.3) is 5.91 Å². The summed E-state index contributed by atoms with van der Waals surface area (Å²) in [4.78, 5) is 14.4. The molecule has 0 unspecified atom stereocenters. The van der Waals surface area contributed by atoms with Crippen molar-refractivity contribution in [1.29, 1.82) is 0 Å². The summed E-state index contributed by atoms with van der Waals surface area (Å²) >= 11 is 0. The summed E-state index contributed by atoms with van der Waals surface area (Å²) in [5, 5.41) is 2.17. The number of benzene rings is 2. The number of carbonyl (C=O) groups is 1. The van der Waals surface area contributed by atoms with Gasteiger partial charge in [-0.1, -0.05) is 24.3 Å². The summed E-state index contributed by atoms with van der Waals surface area (Å²) in [6.07, 6.45) is 3.11. The molecule has 0 saturated carbocycles. The van der Waals surface area contributed by atoms with Crippen molar-refractivity contribution in [3.63, 3.8) is 0 Å². The maximum Gasteiger partial charge on any atom is 0.259 e. The van der Waals surface area contributed by atoms with E-state index in [1.807, 2.05) is 41.3 Å². The van der Waals surface area contributed by atoms with Crippen molar-refractivity contribution in [3.05, 3.63) is 42.0 Å². The molecule has 2 aromatic carbocycles. The van der Waals surface area contributed by atoms with E-state index in [9.17, 15) is 4.79 Å². The average molecular weight is 297 g/mol. The number of carbonyl (C=O) groups excluding carboxylic acids is 1. The van der Waals surface area contributed by atoms with Gasteiger partial charge in [-0.2, -0.15) is 0 Å². The minimum Gasteiger partial charge on any atom is -0.353 e. The highest BCUT2D eigenvalue weighted by molar-refractivity contribution is 6.24. The fourth-order valence-corrected chi connectivity index (χ4v) is 3.32. The molecule has 0 bridgehead atoms. The van der Waals surface area contributed by atoms with Crippen molar-refractivity contribution in [2.45, 2.75) is 25.6 Å². The van der Waals surface area contributed by atoms with Crippen molar-refractivity contribution in [2.75, 3.05) is 24.7 Å². The topological polar surface area (TPSA) is 38.8 Å². The molecule has 1 atom stereocenters. The molecule has 1 saturated heterocycles. The molecule has 4 rings (SSSR count). The zero-order valence-corrected chi connectivity index (χ0v) is 12.5. The monoisotopic (exact) mass is 297 g/mol. The second kappa shape index (κ2) is 5.71. The smallest absolute Gasteiger partial charge is 0.259 e. The fourth-order valence-electron chi connectivity index (χ4n) is 3.32. The van der Waals surface area contributed by atoms with E-state index in [0.717, 1.165) is 47.9 Å². The van der Waals surface area contributed by atoms with E-state index in [4.69, 9.17) is 9.47 Å². The molecule has 2 aliphatic heterocycles. The lowest BCUT2D eigenvalue weighted by Crippen LogP contribution is -2.32. The molecule has 0 radical (unpaired) electrons. The summed E-state index contributed by atoms with van der Waals surface area (Å²) in [6.45, 7) is 1.84. The predicted octanol–water partition coefficient (Wildman–Crippen LogP) is 3.34. The maximum absolute atomic E-state index is 12.6. The van der Waals surface area contributed by atoms with E-state index in [1.165, 1.54) is 0 Å². The van der Waals surface area contributed by atoms with Crippen LogP contribution in [0, 0.1) is 0 Å². The summed E-state index contributed by atoms with van der Waals surface area (Å²) < 4.78 is 11.3. The average Bonchev–Trinajstić information content (AvgIpc) is 2.84. The highest BCUT2D eigenvalue weighted by Gasteiger charge is 2.29. The summed E-state index contributed by atoms with van der Waals surface area (Å²) in [6, 6.07) is 11.9. The Morgan fingerprint density at radius 2 is 2.05 bits per heavy atom. The van der Waals surface area contributed by atoms with E-state index < -0.39 is 0 Å². The van der Waals surface area contributed by atoms with Crippen LogP contribution in [0.1, 0.15) is 29.6 Å². The number of nitrogens with zero attached hydrogens (tertiary/aromatic N) is 1. The van der Waals surface area contributed by atoms with Crippen molar-refractivity contribution < 1.29 is 14.3 Å². The van der Waals surface area contributed by atoms with Gasteiger partial charge < -0.3 is 14.4 Å². The number of amides is 1. The van der Waals surface area contributed by atoms with Crippen molar-refractivity contribution in [1.82, 2.24) is 0 Å². The van der Waals surface area contributed by atoms with E-state index in [0.29, 0.717) is 13.2 Å². The van der Waals surface area contributed by atoms with Gasteiger partial charge in [0.15, 0.2) is 6.29 Å². The van der Waals surface area contributed by atoms with Crippen molar-refractivity contribution in [3.8, 4) is 0 Å². The number of hydrogen-bond donors (Lipinski definition) is 0.